The number of nitrogens with zero attached hydrogens (tertiary/aromatic N) is 2. The summed E-state index contributed by atoms with van der Waals surface area (Å²) in [4.78, 5) is 2.44. The van der Waals surface area contributed by atoms with Crippen molar-refractivity contribution in [2.24, 2.45) is 0 Å². The molecule has 0 spiro atoms. The predicted molar refractivity (Wildman–Crippen MR) is 79.7 cm³/mol. The molecule has 0 radical (unpaired) electrons. The lowest BCUT2D eigenvalue weighted by Gasteiger charge is -2.38. The molecule has 1 saturated heterocycles. The lowest BCUT2D eigenvalue weighted by Crippen LogP contribution is -2.51. The number of hydrogen-bond donors (Lipinski definition) is 0. The molecule has 0 amide bonds. The Hall–Kier alpha value is -1.42. The Labute approximate surface area is 126 Å². The van der Waals surface area contributed by atoms with Gasteiger partial charge in [-0.05, 0) is 38.1 Å². The van der Waals surface area contributed by atoms with Crippen molar-refractivity contribution in [3.05, 3.63) is 29.8 Å². The number of sulfone groups is 1. The molecule has 0 aliphatic carbocycles. The molecule has 0 aromatic heterocycles. The van der Waals surface area contributed by atoms with Crippen LogP contribution in [0, 0.1) is 11.3 Å². The zero-order valence-corrected chi connectivity index (χ0v) is 13.1. The van der Waals surface area contributed by atoms with E-state index in [1.807, 2.05) is 19.9 Å². The minimum atomic E-state index is -3.32. The maximum atomic E-state index is 12.3. The maximum absolute atomic E-state index is 12.3. The van der Waals surface area contributed by atoms with Crippen LogP contribution < -0.4 is 0 Å². The number of hydrogen-bond acceptors (Lipinski definition) is 5. The van der Waals surface area contributed by atoms with E-state index in [0.717, 1.165) is 0 Å². The lowest BCUT2D eigenvalue weighted by atomic mass is 10.2. The molecular formula is C15H20N2O3S. The van der Waals surface area contributed by atoms with Crippen LogP contribution in [-0.2, 0) is 14.6 Å². The van der Waals surface area contributed by atoms with Gasteiger partial charge in [-0.3, -0.25) is 4.90 Å². The fourth-order valence-electron chi connectivity index (χ4n) is 2.56. The van der Waals surface area contributed by atoms with Crippen molar-refractivity contribution in [2.75, 3.05) is 25.5 Å². The second-order valence-corrected chi connectivity index (χ2v) is 7.54. The zero-order valence-electron chi connectivity index (χ0n) is 12.3. The highest BCUT2D eigenvalue weighted by molar-refractivity contribution is 7.91. The number of ether oxygens (including phenoxy) is 1. The highest BCUT2D eigenvalue weighted by Gasteiger charge is 2.27. The smallest absolute Gasteiger partial charge is 0.179 e. The van der Waals surface area contributed by atoms with Gasteiger partial charge in [0.2, 0.25) is 0 Å². The molecule has 1 aliphatic heterocycles. The van der Waals surface area contributed by atoms with Crippen LogP contribution in [0.1, 0.15) is 19.4 Å². The molecule has 6 heteroatoms. The largest absolute Gasteiger partial charge is 0.378 e. The van der Waals surface area contributed by atoms with Gasteiger partial charge < -0.3 is 4.74 Å². The van der Waals surface area contributed by atoms with Crippen LogP contribution in [0.4, 0.5) is 0 Å². The van der Waals surface area contributed by atoms with Gasteiger partial charge in [0.15, 0.2) is 9.84 Å². The highest BCUT2D eigenvalue weighted by Crippen LogP contribution is 2.16. The molecule has 21 heavy (non-hydrogen) atoms. The molecule has 1 aliphatic rings. The van der Waals surface area contributed by atoms with Gasteiger partial charge in [-0.15, -0.1) is 0 Å². The van der Waals surface area contributed by atoms with Crippen LogP contribution in [0.15, 0.2) is 29.2 Å². The summed E-state index contributed by atoms with van der Waals surface area (Å²) >= 11 is 0. The second-order valence-electron chi connectivity index (χ2n) is 5.43. The average molecular weight is 308 g/mol. The van der Waals surface area contributed by atoms with E-state index in [4.69, 9.17) is 10.00 Å². The van der Waals surface area contributed by atoms with Crippen LogP contribution in [0.3, 0.4) is 0 Å². The molecule has 0 unspecified atom stereocenters. The second kappa shape index (κ2) is 6.56. The van der Waals surface area contributed by atoms with Crippen molar-refractivity contribution >= 4 is 9.84 Å². The van der Waals surface area contributed by atoms with E-state index >= 15 is 0 Å². The van der Waals surface area contributed by atoms with Gasteiger partial charge in [-0.1, -0.05) is 0 Å². The fourth-order valence-corrected chi connectivity index (χ4v) is 3.79. The van der Waals surface area contributed by atoms with E-state index in [0.29, 0.717) is 25.3 Å². The highest BCUT2D eigenvalue weighted by atomic mass is 32.2. The zero-order chi connectivity index (χ0) is 15.5. The fraction of sp³-hybridized carbons (Fsp3) is 0.533. The number of rotatable bonds is 4. The molecule has 2 rings (SSSR count). The molecule has 1 aromatic rings. The van der Waals surface area contributed by atoms with Crippen LogP contribution >= 0.6 is 0 Å². The molecule has 5 nitrogen and oxygen atoms in total. The standard InChI is InChI=1S/C15H20N2O3S/c1-12-10-20-11-13(2)17(12)7-8-21(18,19)15-5-3-14(9-16)4-6-15/h3-6,12-13H,7-8,10-11H2,1-2H3/t12-,13+. The molecule has 0 N–H and O–H groups in total. The quantitative estimate of drug-likeness (QED) is 0.842. The topological polar surface area (TPSA) is 70.4 Å². The van der Waals surface area contributed by atoms with E-state index in [1.54, 1.807) is 0 Å². The first kappa shape index (κ1) is 16.0. The lowest BCUT2D eigenvalue weighted by molar-refractivity contribution is -0.0334. The number of benzene rings is 1. The molecule has 1 heterocycles. The van der Waals surface area contributed by atoms with E-state index in [1.165, 1.54) is 24.3 Å². The first-order valence-corrected chi connectivity index (χ1v) is 8.65. The normalized spacial score (nSPS) is 23.7. The molecule has 1 fully saturated rings. The molecule has 2 atom stereocenters. The van der Waals surface area contributed by atoms with Crippen molar-refractivity contribution in [2.45, 2.75) is 30.8 Å². The Balaban J connectivity index is 2.05. The minimum Gasteiger partial charge on any atom is -0.378 e. The molecular weight excluding hydrogens is 288 g/mol. The van der Waals surface area contributed by atoms with Crippen LogP contribution in [0.5, 0.6) is 0 Å². The van der Waals surface area contributed by atoms with E-state index in [-0.39, 0.29) is 22.7 Å². The Morgan fingerprint density at radius 3 is 2.33 bits per heavy atom. The van der Waals surface area contributed by atoms with Gasteiger partial charge in [0.05, 0.1) is 35.5 Å². The third-order valence-electron chi connectivity index (χ3n) is 3.81. The Kier molecular flexibility index (Phi) is 4.99. The van der Waals surface area contributed by atoms with E-state index in [9.17, 15) is 8.42 Å². The minimum absolute atomic E-state index is 0.0770. The average Bonchev–Trinajstić information content (AvgIpc) is 2.47. The number of nitriles is 1. The van der Waals surface area contributed by atoms with Gasteiger partial charge in [0, 0.05) is 18.6 Å². The Bertz CT molecular complexity index is 609. The summed E-state index contributed by atoms with van der Waals surface area (Å²) in [7, 11) is -3.32. The van der Waals surface area contributed by atoms with Crippen molar-refractivity contribution in [3.8, 4) is 6.07 Å². The third kappa shape index (κ3) is 3.82. The molecule has 0 bridgehead atoms. The third-order valence-corrected chi connectivity index (χ3v) is 5.52. The van der Waals surface area contributed by atoms with Gasteiger partial charge >= 0.3 is 0 Å². The summed E-state index contributed by atoms with van der Waals surface area (Å²) in [5.41, 5.74) is 0.462. The molecule has 1 aromatic carbocycles. The molecule has 0 saturated carbocycles. The maximum Gasteiger partial charge on any atom is 0.179 e. The SMILES string of the molecule is C[C@@H]1COC[C@H](C)N1CCS(=O)(=O)c1ccc(C#N)cc1. The summed E-state index contributed by atoms with van der Waals surface area (Å²) in [6.45, 7) is 5.87. The summed E-state index contributed by atoms with van der Waals surface area (Å²) in [5.74, 6) is 0.0770. The van der Waals surface area contributed by atoms with Crippen LogP contribution in [0.25, 0.3) is 0 Å². The predicted octanol–water partition coefficient (Wildman–Crippen LogP) is 1.44. The number of morpholine rings is 1. The van der Waals surface area contributed by atoms with Crippen LogP contribution in [0.2, 0.25) is 0 Å². The van der Waals surface area contributed by atoms with Crippen molar-refractivity contribution in [1.29, 1.82) is 5.26 Å². The van der Waals surface area contributed by atoms with E-state index in [2.05, 4.69) is 4.90 Å². The summed E-state index contributed by atoms with van der Waals surface area (Å²) in [6, 6.07) is 8.51. The summed E-state index contributed by atoms with van der Waals surface area (Å²) in [5, 5.41) is 8.75. The van der Waals surface area contributed by atoms with Crippen molar-refractivity contribution in [1.82, 2.24) is 4.90 Å². The van der Waals surface area contributed by atoms with E-state index < -0.39 is 9.84 Å². The Morgan fingerprint density at radius 2 is 1.81 bits per heavy atom. The summed E-state index contributed by atoms with van der Waals surface area (Å²) in [6.07, 6.45) is 0. The van der Waals surface area contributed by atoms with Gasteiger partial charge in [0.25, 0.3) is 0 Å². The molecule has 114 valence electrons. The van der Waals surface area contributed by atoms with Gasteiger partial charge in [0.1, 0.15) is 0 Å². The van der Waals surface area contributed by atoms with Crippen molar-refractivity contribution < 1.29 is 13.2 Å². The first-order valence-electron chi connectivity index (χ1n) is 7.00. The summed E-state index contributed by atoms with van der Waals surface area (Å²) < 4.78 is 30.1. The monoisotopic (exact) mass is 308 g/mol. The van der Waals surface area contributed by atoms with Gasteiger partial charge in [-0.25, -0.2) is 8.42 Å². The van der Waals surface area contributed by atoms with Gasteiger partial charge in [-0.2, -0.15) is 5.26 Å². The van der Waals surface area contributed by atoms with Crippen LogP contribution in [-0.4, -0.2) is 50.9 Å². The first-order chi connectivity index (χ1) is 9.94. The van der Waals surface area contributed by atoms with Crippen molar-refractivity contribution in [3.63, 3.8) is 0 Å². The Morgan fingerprint density at radius 1 is 1.24 bits per heavy atom.